The summed E-state index contributed by atoms with van der Waals surface area (Å²) in [7, 11) is 11.3. The second-order valence-electron chi connectivity index (χ2n) is 31.2. The van der Waals surface area contributed by atoms with Gasteiger partial charge in [-0.3, -0.25) is 14.4 Å². The first kappa shape index (κ1) is 145. The number of aryl methyl sites for hydroxylation is 2. The minimum Gasteiger partial charge on any atom is -1.00 e. The molecule has 0 aromatic heterocycles. The van der Waals surface area contributed by atoms with Crippen LogP contribution in [0.2, 0.25) is 0 Å². The molecule has 788 valence electrons. The number of carbonyl (C=O) groups is 12. The van der Waals surface area contributed by atoms with E-state index in [1.54, 1.807) is 160 Å². The van der Waals surface area contributed by atoms with Gasteiger partial charge in [-0.15, -0.1) is 12.4 Å². The molecule has 147 heavy (non-hydrogen) atoms. The zero-order valence-corrected chi connectivity index (χ0v) is 98.1. The van der Waals surface area contributed by atoms with Crippen LogP contribution in [0, 0.1) is 13.8 Å². The number of carboxylic acids is 2. The van der Waals surface area contributed by atoms with Crippen LogP contribution < -0.4 is 93.1 Å². The monoisotopic (exact) mass is 2480 g/mol. The molecular weight excluding hydrogens is 2360 g/mol. The Morgan fingerprint density at radius 3 is 1.07 bits per heavy atom. The summed E-state index contributed by atoms with van der Waals surface area (Å²) in [6.07, 6.45) is 10.7. The number of Topliss-reactive ketones (excluding diaryl/α,β-unsaturated/α-hetero) is 2. The fraction of sp³-hybridized carbons (Fsp3) is 0.264. The number of alkyl carbamates (subject to hydrolysis) is 2. The number of methoxy groups -OCH3 is 9. The van der Waals surface area contributed by atoms with E-state index in [0.29, 0.717) is 80.9 Å². The van der Waals surface area contributed by atoms with Crippen molar-refractivity contribution < 1.29 is 193 Å². The van der Waals surface area contributed by atoms with E-state index < -0.39 is 54.5 Å². The van der Waals surface area contributed by atoms with E-state index in [0.717, 1.165) is 50.2 Å². The van der Waals surface area contributed by atoms with E-state index in [9.17, 15) is 62.6 Å². The van der Waals surface area contributed by atoms with Crippen molar-refractivity contribution in [3.63, 3.8) is 0 Å². The number of rotatable bonds is 24. The molecule has 0 spiro atoms. The zero-order chi connectivity index (χ0) is 105. The molecule has 0 aliphatic heterocycles. The average Bonchev–Trinajstić information content (AvgIpc) is 0.755. The summed E-state index contributed by atoms with van der Waals surface area (Å²) in [5, 5.41) is 27.8. The summed E-state index contributed by atoms with van der Waals surface area (Å²) in [6.45, 7) is 14.8. The van der Waals surface area contributed by atoms with Gasteiger partial charge in [0.05, 0.1) is 127 Å². The second kappa shape index (κ2) is 77.3. The molecule has 1 atom stereocenters. The molecule has 1 unspecified atom stereocenters. The predicted molar refractivity (Wildman–Crippen MR) is 585 cm³/mol. The minimum absolute atomic E-state index is 0. The first-order valence-corrected chi connectivity index (χ1v) is 49.4. The van der Waals surface area contributed by atoms with Crippen molar-refractivity contribution >= 4 is 221 Å². The molecule has 0 heterocycles. The SMILES string of the molecule is C.CO/C=C/c1ccc(Br)cc1C(=O)OC.CO/C=C/c1ccc(CNC(=O)OC(C)(C)C)cc1C(=O)O.CO/C=C/c1ccc(CNC(=O)OC(C)(C)C)cc1C(=O)OC.COC(=O)c1cc(Br)ccc1C.COC(=O)c1cc(Br)ccc1C=O.COC(=O)c1cc(Br)ccc1CBr.COC[P+](c1ccccc1)(c1ccccc1)c1ccccc1.Cc1ccc(Br)cc1C(=O)O.Cl.NC1CCC(=O)CC1=O.O.[Cl-].[H-].[Li+].[Na+].[OH-]. The van der Waals surface area contributed by atoms with Gasteiger partial charge in [0.1, 0.15) is 40.2 Å². The number of aromatic carboxylic acids is 2. The number of nitrogens with two attached hydrogens (primary N) is 1. The van der Waals surface area contributed by atoms with Gasteiger partial charge in [-0.25, -0.2) is 43.2 Å². The zero-order valence-electron chi connectivity index (χ0n) is 85.2. The van der Waals surface area contributed by atoms with Gasteiger partial charge in [0, 0.05) is 59.9 Å². The van der Waals surface area contributed by atoms with Crippen LogP contribution in [-0.4, -0.2) is 181 Å². The van der Waals surface area contributed by atoms with Crippen molar-refractivity contribution in [3.8, 4) is 0 Å². The summed E-state index contributed by atoms with van der Waals surface area (Å²) in [4.78, 5) is 134. The number of carbonyl (C=O) groups excluding carboxylic acids is 10. The normalized spacial score (nSPS) is 11.1. The molecule has 10 aromatic carbocycles. The van der Waals surface area contributed by atoms with Gasteiger partial charge in [-0.1, -0.05) is 206 Å². The van der Waals surface area contributed by atoms with Crippen LogP contribution in [0.15, 0.2) is 260 Å². The van der Waals surface area contributed by atoms with Crippen LogP contribution in [0.5, 0.6) is 0 Å². The van der Waals surface area contributed by atoms with E-state index in [2.05, 4.69) is 216 Å². The van der Waals surface area contributed by atoms with E-state index >= 15 is 0 Å². The number of ketones is 2. The number of benzene rings is 10. The van der Waals surface area contributed by atoms with Crippen LogP contribution in [0.4, 0.5) is 9.59 Å². The Morgan fingerprint density at radius 2 is 0.748 bits per heavy atom. The Hall–Kier alpha value is -10.0. The molecule has 0 saturated heterocycles. The van der Waals surface area contributed by atoms with Crippen LogP contribution in [0.25, 0.3) is 18.2 Å². The van der Waals surface area contributed by atoms with Gasteiger partial charge in [0.15, 0.2) is 18.4 Å². The number of alkyl halides is 1. The molecule has 0 radical (unpaired) electrons. The molecule has 1 fully saturated rings. The van der Waals surface area contributed by atoms with Crippen LogP contribution in [-0.2, 0) is 80.1 Å². The number of hydrogen-bond donors (Lipinski definition) is 5. The van der Waals surface area contributed by atoms with Crippen LogP contribution in [0.1, 0.15) is 197 Å². The molecule has 1 saturated carbocycles. The molecule has 9 N–H and O–H groups in total. The number of carboxylic acid groups (broad SMARTS) is 2. The van der Waals surface area contributed by atoms with Gasteiger partial charge in [-0.05, 0) is 240 Å². The van der Waals surface area contributed by atoms with E-state index in [1.807, 2.05) is 49.4 Å². The van der Waals surface area contributed by atoms with Crippen molar-refractivity contribution in [2.45, 2.75) is 118 Å². The molecule has 41 heteroatoms. The van der Waals surface area contributed by atoms with E-state index in [-0.39, 0.29) is 159 Å². The average molecular weight is 2480 g/mol. The number of esters is 5. The van der Waals surface area contributed by atoms with Crippen LogP contribution >= 0.6 is 115 Å². The molecular formula is C106H124Br6Cl2LiN3NaO27P. The van der Waals surface area contributed by atoms with Crippen LogP contribution in [0.3, 0.4) is 0 Å². The fourth-order valence-corrected chi connectivity index (χ4v) is 18.1. The smallest absolute Gasteiger partial charge is 1.00 e. The fourth-order valence-electron chi connectivity index (χ4n) is 12.0. The first-order chi connectivity index (χ1) is 66.4. The number of halogens is 8. The summed E-state index contributed by atoms with van der Waals surface area (Å²) in [5.41, 5.74) is 13.4. The maximum Gasteiger partial charge on any atom is 1.00 e. The number of ether oxygens (including phenoxy) is 11. The van der Waals surface area contributed by atoms with Gasteiger partial charge in [0.25, 0.3) is 0 Å². The molecule has 1 aliphatic carbocycles. The number of amides is 2. The standard InChI is InChI=1S/C20H20OP.C17H23NO5.C16H21NO5.C11H11BrO3.C9H8Br2O2.C9H7BrO3.C9H9BrO2.C8H7BrO2.C6H9NO2.CH4.2ClH.Li.Na.2H2O.H/c1-21-17-22(18-11-5-2-6-12-18,19-13-7-3-8-14-19)20-15-9-4-10-16-20;1-17(2,3)23-16(20)18-11-12-6-7-13(8-9-21-4)14(10-12)15(19)22-5;1-16(2,3)22-15(20)17-10-11-5-6-12(7-8-21-4)13(9-11)14(18)19;1-14-6-5-8-3-4-9(12)7-10(8)11(13)15-2;1-13-9(12)8-4-7(11)3-2-6(8)5-10;1-13-9(12)8-4-7(10)3-2-6(8)5-11;1-6-3-4-7(10)5-8(6)9(11)12-2;1-5-2-3-6(9)4-7(5)8(10)11;7-5-2-1-4(8)3-6(5)9;;;;;;;;/h2-16H,17H2,1H3;6-10H,11H2,1-5H3,(H,18,20);5-9H,10H2,1-4H3,(H,17,20)(H,18,19);3-7H,1-2H3;2-4H,5H2,1H3;2-5H,1H3;3-5H,1-2H3;2-4H,1H3,(H,10,11);5H,1-3,7H2;1H4;2*1H;;;2*1H2;/q+1;;;;;;;;;;;;2*+1;;;-1/p-2/b;9-8+;8-7+;6-5+;;;;;;;;;;;;;. The summed E-state index contributed by atoms with van der Waals surface area (Å²) >= 11 is 19.6. The molecule has 11 rings (SSSR count). The maximum absolute atomic E-state index is 11.9. The third kappa shape index (κ3) is 53.3. The largest absolute Gasteiger partial charge is 1.00 e. The Morgan fingerprint density at radius 1 is 0.449 bits per heavy atom. The molecule has 2 amide bonds. The number of nitrogens with one attached hydrogen (secondary N) is 2. The summed E-state index contributed by atoms with van der Waals surface area (Å²) < 4.78 is 57.8. The third-order valence-corrected chi connectivity index (χ3v) is 26.0. The topological polar surface area (TPSA) is 458 Å². The molecule has 1 aliphatic rings. The molecule has 10 aromatic rings. The Kier molecular flexibility index (Phi) is 76.5. The summed E-state index contributed by atoms with van der Waals surface area (Å²) in [6, 6.07) is 68.4. The Labute approximate surface area is 958 Å². The third-order valence-electron chi connectivity index (χ3n) is 18.8. The minimum atomic E-state index is -1.78. The Balaban J connectivity index is -0.000000386. The number of aldehydes is 1. The van der Waals surface area contributed by atoms with E-state index in [4.69, 9.17) is 44.0 Å². The van der Waals surface area contributed by atoms with Gasteiger partial charge < -0.3 is 103 Å². The number of hydrogen-bond acceptors (Lipinski definition) is 25. The first-order valence-electron chi connectivity index (χ1n) is 42.3. The Bertz CT molecular complexity index is 5820. The van der Waals surface area contributed by atoms with Crippen molar-refractivity contribution in [1.29, 1.82) is 0 Å². The second-order valence-corrected chi connectivity index (χ2v) is 39.8. The van der Waals surface area contributed by atoms with Gasteiger partial charge >= 0.3 is 102 Å². The predicted octanol–water partition coefficient (Wildman–Crippen LogP) is 13.6. The van der Waals surface area contributed by atoms with Gasteiger partial charge in [0.2, 0.25) is 0 Å². The quantitative estimate of drug-likeness (QED) is 0.00548. The van der Waals surface area contributed by atoms with E-state index in [1.165, 1.54) is 90.5 Å². The van der Waals surface area contributed by atoms with Crippen molar-refractivity contribution in [2.75, 3.05) is 70.3 Å². The van der Waals surface area contributed by atoms with Crippen molar-refractivity contribution in [2.24, 2.45) is 5.73 Å². The van der Waals surface area contributed by atoms with Crippen molar-refractivity contribution in [3.05, 3.63) is 349 Å². The van der Waals surface area contributed by atoms with Gasteiger partial charge in [-0.2, -0.15) is 0 Å². The maximum atomic E-state index is 11.9. The molecule has 30 nitrogen and oxygen atoms in total. The molecule has 0 bridgehead atoms. The summed E-state index contributed by atoms with van der Waals surface area (Å²) in [5.74, 6) is -3.95. The van der Waals surface area contributed by atoms with Crippen molar-refractivity contribution in [1.82, 2.24) is 10.6 Å².